The molecule has 0 bridgehead atoms. The van der Waals surface area contributed by atoms with Crippen LogP contribution in [-0.2, 0) is 0 Å². The van der Waals surface area contributed by atoms with Crippen molar-refractivity contribution >= 4 is 12.6 Å². The molecule has 1 aromatic rings. The van der Waals surface area contributed by atoms with Crippen LogP contribution in [0.1, 0.15) is 26.3 Å². The highest BCUT2D eigenvalue weighted by Gasteiger charge is 2.03. The summed E-state index contributed by atoms with van der Waals surface area (Å²) in [6.45, 7) is 0.200. The second-order valence-electron chi connectivity index (χ2n) is 2.55. The van der Waals surface area contributed by atoms with Crippen LogP contribution in [-0.4, -0.2) is 19.1 Å². The van der Waals surface area contributed by atoms with Crippen molar-refractivity contribution in [2.45, 2.75) is 0 Å². The number of rotatable bonds is 2. The normalized spacial score (nSPS) is 8.64. The summed E-state index contributed by atoms with van der Waals surface area (Å²) < 4.78 is 0. The van der Waals surface area contributed by atoms with Gasteiger partial charge in [-0.1, -0.05) is 30.0 Å². The summed E-state index contributed by atoms with van der Waals surface area (Å²) in [6, 6.07) is 4.86. The molecule has 0 fully saturated rings. The molecule has 0 spiro atoms. The van der Waals surface area contributed by atoms with Crippen molar-refractivity contribution in [2.24, 2.45) is 5.73 Å². The van der Waals surface area contributed by atoms with E-state index in [1.807, 2.05) is 0 Å². The quantitative estimate of drug-likeness (QED) is 0.545. The van der Waals surface area contributed by atoms with E-state index in [4.69, 9.17) is 5.73 Å². The molecule has 0 amide bonds. The second kappa shape index (κ2) is 4.95. The third kappa shape index (κ3) is 2.06. The summed E-state index contributed by atoms with van der Waals surface area (Å²) in [5.41, 5.74) is 6.48. The molecule has 0 atom stereocenters. The fourth-order valence-electron chi connectivity index (χ4n) is 1.07. The van der Waals surface area contributed by atoms with Crippen LogP contribution in [0, 0.1) is 11.8 Å². The van der Waals surface area contributed by atoms with E-state index >= 15 is 0 Å². The number of hydrogen-bond donors (Lipinski definition) is 1. The summed E-state index contributed by atoms with van der Waals surface area (Å²) in [4.78, 5) is 21.3. The van der Waals surface area contributed by atoms with Gasteiger partial charge in [0, 0.05) is 16.7 Å². The minimum absolute atomic E-state index is 0.200. The Morgan fingerprint density at radius 3 is 2.21 bits per heavy atom. The summed E-state index contributed by atoms with van der Waals surface area (Å²) in [6.07, 6.45) is 1.35. The molecular formula is C11H9NO2. The monoisotopic (exact) mass is 187 g/mol. The van der Waals surface area contributed by atoms with Crippen LogP contribution in [0.25, 0.3) is 0 Å². The molecule has 1 rings (SSSR count). The van der Waals surface area contributed by atoms with E-state index in [9.17, 15) is 9.59 Å². The molecule has 0 heterocycles. The Kier molecular flexibility index (Phi) is 3.59. The average molecular weight is 187 g/mol. The van der Waals surface area contributed by atoms with Gasteiger partial charge in [-0.05, 0) is 0 Å². The van der Waals surface area contributed by atoms with Gasteiger partial charge in [0.05, 0.1) is 6.54 Å². The molecule has 0 aliphatic carbocycles. The summed E-state index contributed by atoms with van der Waals surface area (Å²) >= 11 is 0. The average Bonchev–Trinajstić information content (AvgIpc) is 2.25. The van der Waals surface area contributed by atoms with E-state index in [0.29, 0.717) is 29.3 Å². The van der Waals surface area contributed by atoms with E-state index in [-0.39, 0.29) is 6.54 Å². The number of carbonyl (C=O) groups excluding carboxylic acids is 2. The van der Waals surface area contributed by atoms with Gasteiger partial charge in [-0.2, -0.15) is 0 Å². The topological polar surface area (TPSA) is 60.2 Å². The van der Waals surface area contributed by atoms with Crippen LogP contribution in [0.4, 0.5) is 0 Å². The molecular weight excluding hydrogens is 178 g/mol. The Balaban J connectivity index is 3.32. The third-order valence-electron chi connectivity index (χ3n) is 1.70. The summed E-state index contributed by atoms with van der Waals surface area (Å²) in [7, 11) is 0. The Bertz CT molecular complexity index is 387. The van der Waals surface area contributed by atoms with Gasteiger partial charge in [-0.15, -0.1) is 0 Å². The lowest BCUT2D eigenvalue weighted by Crippen LogP contribution is -1.97. The zero-order valence-electron chi connectivity index (χ0n) is 7.49. The number of nitrogens with two attached hydrogens (primary N) is 1. The Morgan fingerprint density at radius 2 is 1.79 bits per heavy atom. The number of carbonyl (C=O) groups is 2. The molecule has 0 aromatic heterocycles. The molecule has 0 saturated heterocycles. The first-order valence-electron chi connectivity index (χ1n) is 4.05. The molecule has 3 heteroatoms. The van der Waals surface area contributed by atoms with E-state index in [0.717, 1.165) is 0 Å². The smallest absolute Gasteiger partial charge is 0.151 e. The molecule has 14 heavy (non-hydrogen) atoms. The Hall–Kier alpha value is -1.92. The maximum atomic E-state index is 10.6. The highest BCUT2D eigenvalue weighted by atomic mass is 16.1. The summed E-state index contributed by atoms with van der Waals surface area (Å²) in [5, 5.41) is 0. The molecule has 0 unspecified atom stereocenters. The van der Waals surface area contributed by atoms with Crippen LogP contribution < -0.4 is 5.73 Å². The van der Waals surface area contributed by atoms with Crippen molar-refractivity contribution in [3.05, 3.63) is 34.9 Å². The van der Waals surface area contributed by atoms with Crippen LogP contribution in [0.15, 0.2) is 18.2 Å². The fraction of sp³-hybridized carbons (Fsp3) is 0.0909. The third-order valence-corrected chi connectivity index (χ3v) is 1.70. The van der Waals surface area contributed by atoms with Gasteiger partial charge in [0.2, 0.25) is 0 Å². The minimum Gasteiger partial charge on any atom is -0.320 e. The Labute approximate surface area is 81.9 Å². The van der Waals surface area contributed by atoms with E-state index in [1.165, 1.54) is 0 Å². The van der Waals surface area contributed by atoms with Crippen molar-refractivity contribution in [3.63, 3.8) is 0 Å². The molecule has 1 aromatic carbocycles. The van der Waals surface area contributed by atoms with Gasteiger partial charge >= 0.3 is 0 Å². The van der Waals surface area contributed by atoms with Crippen LogP contribution >= 0.6 is 0 Å². The van der Waals surface area contributed by atoms with Crippen molar-refractivity contribution in [1.29, 1.82) is 0 Å². The van der Waals surface area contributed by atoms with Gasteiger partial charge in [-0.3, -0.25) is 9.59 Å². The zero-order chi connectivity index (χ0) is 10.4. The first-order chi connectivity index (χ1) is 6.83. The molecule has 0 aliphatic rings. The predicted octanol–water partition coefficient (Wildman–Crippen LogP) is 0.622. The zero-order valence-corrected chi connectivity index (χ0v) is 7.49. The number of benzene rings is 1. The van der Waals surface area contributed by atoms with Crippen LogP contribution in [0.2, 0.25) is 0 Å². The van der Waals surface area contributed by atoms with E-state index < -0.39 is 0 Å². The van der Waals surface area contributed by atoms with Gasteiger partial charge < -0.3 is 5.73 Å². The minimum atomic E-state index is 0.200. The predicted molar refractivity (Wildman–Crippen MR) is 53.1 cm³/mol. The molecule has 70 valence electrons. The SMILES string of the molecule is NCC#Cc1c(C=O)cccc1C=O. The Morgan fingerprint density at radius 1 is 1.21 bits per heavy atom. The summed E-state index contributed by atoms with van der Waals surface area (Å²) in [5.74, 6) is 5.32. The first kappa shape index (κ1) is 10.2. The van der Waals surface area contributed by atoms with Gasteiger partial charge in [0.15, 0.2) is 12.6 Å². The van der Waals surface area contributed by atoms with Crippen molar-refractivity contribution in [3.8, 4) is 11.8 Å². The first-order valence-corrected chi connectivity index (χ1v) is 4.05. The maximum absolute atomic E-state index is 10.6. The van der Waals surface area contributed by atoms with Crippen LogP contribution in [0.3, 0.4) is 0 Å². The molecule has 2 N–H and O–H groups in total. The highest BCUT2D eigenvalue weighted by molar-refractivity contribution is 5.88. The largest absolute Gasteiger partial charge is 0.320 e. The lowest BCUT2D eigenvalue weighted by Gasteiger charge is -1.98. The van der Waals surface area contributed by atoms with Crippen molar-refractivity contribution in [1.82, 2.24) is 0 Å². The van der Waals surface area contributed by atoms with Gasteiger partial charge in [0.1, 0.15) is 0 Å². The maximum Gasteiger partial charge on any atom is 0.151 e. The van der Waals surface area contributed by atoms with Crippen molar-refractivity contribution < 1.29 is 9.59 Å². The van der Waals surface area contributed by atoms with E-state index in [2.05, 4.69) is 11.8 Å². The van der Waals surface area contributed by atoms with Crippen molar-refractivity contribution in [2.75, 3.05) is 6.54 Å². The number of hydrogen-bond acceptors (Lipinski definition) is 3. The standard InChI is InChI=1S/C11H9NO2/c12-6-2-5-11-9(7-13)3-1-4-10(11)8-14/h1,3-4,7-8H,6,12H2. The van der Waals surface area contributed by atoms with Gasteiger partial charge in [-0.25, -0.2) is 0 Å². The second-order valence-corrected chi connectivity index (χ2v) is 2.55. The molecule has 0 aliphatic heterocycles. The molecule has 3 nitrogen and oxygen atoms in total. The number of aldehydes is 2. The fourth-order valence-corrected chi connectivity index (χ4v) is 1.07. The van der Waals surface area contributed by atoms with Gasteiger partial charge in [0.25, 0.3) is 0 Å². The van der Waals surface area contributed by atoms with Crippen LogP contribution in [0.5, 0.6) is 0 Å². The molecule has 0 radical (unpaired) electrons. The lowest BCUT2D eigenvalue weighted by molar-refractivity contribution is 0.112. The molecule has 0 saturated carbocycles. The van der Waals surface area contributed by atoms with E-state index in [1.54, 1.807) is 18.2 Å². The lowest BCUT2D eigenvalue weighted by atomic mass is 10.0. The highest BCUT2D eigenvalue weighted by Crippen LogP contribution is 2.09.